The van der Waals surface area contributed by atoms with Crippen LogP contribution in [0, 0.1) is 0 Å². The van der Waals surface area contributed by atoms with Crippen LogP contribution in [0.15, 0.2) is 67.1 Å². The van der Waals surface area contributed by atoms with Crippen molar-refractivity contribution in [1.82, 2.24) is 4.98 Å². The molecule has 1 aromatic carbocycles. The average Bonchev–Trinajstić information content (AvgIpc) is 2.49. The molecular weight excluding hydrogens is 236 g/mol. The SMILES string of the molecule is O=C1C=CN(c2ccccc2)C(c2cccnc2)C1. The summed E-state index contributed by atoms with van der Waals surface area (Å²) >= 11 is 0. The van der Waals surface area contributed by atoms with E-state index in [-0.39, 0.29) is 11.8 Å². The van der Waals surface area contributed by atoms with Crippen LogP contribution in [0.5, 0.6) is 0 Å². The Kier molecular flexibility index (Phi) is 3.11. The number of ketones is 1. The highest BCUT2D eigenvalue weighted by Gasteiger charge is 2.25. The largest absolute Gasteiger partial charge is 0.340 e. The number of anilines is 1. The predicted molar refractivity (Wildman–Crippen MR) is 74.7 cm³/mol. The lowest BCUT2D eigenvalue weighted by molar-refractivity contribution is -0.115. The van der Waals surface area contributed by atoms with E-state index in [0.29, 0.717) is 6.42 Å². The number of aromatic nitrogens is 1. The third-order valence-electron chi connectivity index (χ3n) is 3.27. The Labute approximate surface area is 112 Å². The second kappa shape index (κ2) is 5.06. The standard InChI is InChI=1S/C16H14N2O/c19-15-8-10-18(14-6-2-1-3-7-14)16(11-15)13-5-4-9-17-12-13/h1-10,12,16H,11H2. The summed E-state index contributed by atoms with van der Waals surface area (Å²) < 4.78 is 0. The molecule has 2 heterocycles. The highest BCUT2D eigenvalue weighted by Crippen LogP contribution is 2.32. The van der Waals surface area contributed by atoms with E-state index in [4.69, 9.17) is 0 Å². The number of allylic oxidation sites excluding steroid dienone is 1. The minimum Gasteiger partial charge on any atom is -0.340 e. The molecule has 94 valence electrons. The molecule has 0 aliphatic carbocycles. The number of carbonyl (C=O) groups excluding carboxylic acids is 1. The number of carbonyl (C=O) groups is 1. The van der Waals surface area contributed by atoms with Crippen molar-refractivity contribution in [3.8, 4) is 0 Å². The van der Waals surface area contributed by atoms with Gasteiger partial charge in [0.1, 0.15) is 0 Å². The fraction of sp³-hybridized carbons (Fsp3) is 0.125. The second-order valence-electron chi connectivity index (χ2n) is 4.53. The zero-order valence-electron chi connectivity index (χ0n) is 10.4. The Hall–Kier alpha value is -2.42. The Morgan fingerprint density at radius 1 is 1.11 bits per heavy atom. The first-order chi connectivity index (χ1) is 9.34. The predicted octanol–water partition coefficient (Wildman–Crippen LogP) is 3.12. The molecule has 3 rings (SSSR count). The third kappa shape index (κ3) is 2.40. The second-order valence-corrected chi connectivity index (χ2v) is 4.53. The van der Waals surface area contributed by atoms with Crippen molar-refractivity contribution in [3.63, 3.8) is 0 Å². The zero-order chi connectivity index (χ0) is 13.1. The number of hydrogen-bond donors (Lipinski definition) is 0. The number of benzene rings is 1. The summed E-state index contributed by atoms with van der Waals surface area (Å²) in [6.07, 6.45) is 7.56. The van der Waals surface area contributed by atoms with Gasteiger partial charge in [0, 0.05) is 30.7 Å². The fourth-order valence-electron chi connectivity index (χ4n) is 2.34. The van der Waals surface area contributed by atoms with Gasteiger partial charge in [-0.2, -0.15) is 0 Å². The topological polar surface area (TPSA) is 33.2 Å². The van der Waals surface area contributed by atoms with E-state index in [1.54, 1.807) is 12.3 Å². The molecular formula is C16H14N2O. The van der Waals surface area contributed by atoms with Crippen molar-refractivity contribution in [1.29, 1.82) is 0 Å². The Morgan fingerprint density at radius 2 is 1.95 bits per heavy atom. The lowest BCUT2D eigenvalue weighted by Crippen LogP contribution is -2.28. The van der Waals surface area contributed by atoms with E-state index < -0.39 is 0 Å². The maximum absolute atomic E-state index is 11.7. The van der Waals surface area contributed by atoms with Gasteiger partial charge in [-0.1, -0.05) is 24.3 Å². The van der Waals surface area contributed by atoms with Crippen LogP contribution in [0.4, 0.5) is 5.69 Å². The molecule has 0 spiro atoms. The molecule has 0 saturated heterocycles. The molecule has 0 saturated carbocycles. The highest BCUT2D eigenvalue weighted by molar-refractivity contribution is 5.92. The van der Waals surface area contributed by atoms with Gasteiger partial charge in [0.2, 0.25) is 0 Å². The lowest BCUT2D eigenvalue weighted by Gasteiger charge is -2.32. The molecule has 0 N–H and O–H groups in total. The van der Waals surface area contributed by atoms with Crippen LogP contribution in [0.3, 0.4) is 0 Å². The molecule has 3 heteroatoms. The summed E-state index contributed by atoms with van der Waals surface area (Å²) in [7, 11) is 0. The van der Waals surface area contributed by atoms with Gasteiger partial charge < -0.3 is 4.90 Å². The van der Waals surface area contributed by atoms with Crippen molar-refractivity contribution in [2.24, 2.45) is 0 Å². The highest BCUT2D eigenvalue weighted by atomic mass is 16.1. The van der Waals surface area contributed by atoms with E-state index >= 15 is 0 Å². The van der Waals surface area contributed by atoms with Crippen molar-refractivity contribution >= 4 is 11.5 Å². The monoisotopic (exact) mass is 250 g/mol. The number of rotatable bonds is 2. The summed E-state index contributed by atoms with van der Waals surface area (Å²) in [6.45, 7) is 0. The first-order valence-electron chi connectivity index (χ1n) is 6.29. The van der Waals surface area contributed by atoms with Gasteiger partial charge in [-0.15, -0.1) is 0 Å². The molecule has 0 bridgehead atoms. The summed E-state index contributed by atoms with van der Waals surface area (Å²) in [5.74, 6) is 0.154. The van der Waals surface area contributed by atoms with Gasteiger partial charge >= 0.3 is 0 Å². The molecule has 1 aromatic heterocycles. The summed E-state index contributed by atoms with van der Waals surface area (Å²) in [5.41, 5.74) is 2.14. The minimum atomic E-state index is 0.0219. The Balaban J connectivity index is 2.01. The molecule has 2 aromatic rings. The van der Waals surface area contributed by atoms with Gasteiger partial charge in [0.25, 0.3) is 0 Å². The van der Waals surface area contributed by atoms with E-state index in [0.717, 1.165) is 11.3 Å². The summed E-state index contributed by atoms with van der Waals surface area (Å²) in [6, 6.07) is 14.0. The van der Waals surface area contributed by atoms with E-state index in [9.17, 15) is 4.79 Å². The molecule has 0 fully saturated rings. The zero-order valence-corrected chi connectivity index (χ0v) is 10.4. The van der Waals surface area contributed by atoms with Crippen LogP contribution in [-0.4, -0.2) is 10.8 Å². The number of para-hydroxylation sites is 1. The molecule has 3 nitrogen and oxygen atoms in total. The Morgan fingerprint density at radius 3 is 2.68 bits per heavy atom. The fourth-order valence-corrected chi connectivity index (χ4v) is 2.34. The van der Waals surface area contributed by atoms with Gasteiger partial charge in [-0.25, -0.2) is 0 Å². The van der Waals surface area contributed by atoms with Gasteiger partial charge in [-0.05, 0) is 29.8 Å². The third-order valence-corrected chi connectivity index (χ3v) is 3.27. The van der Waals surface area contributed by atoms with Crippen LogP contribution >= 0.6 is 0 Å². The summed E-state index contributed by atoms with van der Waals surface area (Å²) in [4.78, 5) is 18.0. The minimum absolute atomic E-state index is 0.0219. The first-order valence-corrected chi connectivity index (χ1v) is 6.29. The van der Waals surface area contributed by atoms with Crippen LogP contribution in [0.1, 0.15) is 18.0 Å². The van der Waals surface area contributed by atoms with E-state index in [2.05, 4.69) is 9.88 Å². The normalized spacial score (nSPS) is 18.6. The Bertz CT molecular complexity index is 593. The van der Waals surface area contributed by atoms with Crippen molar-refractivity contribution in [2.45, 2.75) is 12.5 Å². The average molecular weight is 250 g/mol. The lowest BCUT2D eigenvalue weighted by atomic mass is 9.98. The molecule has 1 unspecified atom stereocenters. The van der Waals surface area contributed by atoms with E-state index in [1.165, 1.54) is 0 Å². The quantitative estimate of drug-likeness (QED) is 0.821. The molecule has 1 aliphatic heterocycles. The number of pyridine rings is 1. The van der Waals surface area contributed by atoms with Crippen LogP contribution in [0.2, 0.25) is 0 Å². The van der Waals surface area contributed by atoms with Crippen molar-refractivity contribution < 1.29 is 4.79 Å². The molecule has 1 atom stereocenters. The molecule has 1 aliphatic rings. The molecule has 19 heavy (non-hydrogen) atoms. The van der Waals surface area contributed by atoms with Gasteiger partial charge in [-0.3, -0.25) is 9.78 Å². The van der Waals surface area contributed by atoms with Crippen molar-refractivity contribution in [3.05, 3.63) is 72.7 Å². The molecule has 0 radical (unpaired) electrons. The van der Waals surface area contributed by atoms with Crippen LogP contribution < -0.4 is 4.90 Å². The van der Waals surface area contributed by atoms with E-state index in [1.807, 2.05) is 54.9 Å². The molecule has 0 amide bonds. The number of nitrogens with zero attached hydrogens (tertiary/aromatic N) is 2. The smallest absolute Gasteiger partial charge is 0.159 e. The first kappa shape index (κ1) is 11.7. The van der Waals surface area contributed by atoms with Crippen molar-refractivity contribution in [2.75, 3.05) is 4.90 Å². The maximum atomic E-state index is 11.7. The van der Waals surface area contributed by atoms with Gasteiger partial charge in [0.15, 0.2) is 5.78 Å². The number of hydrogen-bond acceptors (Lipinski definition) is 3. The van der Waals surface area contributed by atoms with Crippen LogP contribution in [-0.2, 0) is 4.79 Å². The van der Waals surface area contributed by atoms with Crippen LogP contribution in [0.25, 0.3) is 0 Å². The van der Waals surface area contributed by atoms with Gasteiger partial charge in [0.05, 0.1) is 6.04 Å². The summed E-state index contributed by atoms with van der Waals surface area (Å²) in [5, 5.41) is 0. The maximum Gasteiger partial charge on any atom is 0.159 e.